The average Bonchev–Trinajstić information content (AvgIpc) is 3.15. The minimum absolute atomic E-state index is 0.289. The molecule has 106 valence electrons. The Hall–Kier alpha value is -2.60. The molecule has 0 unspecified atom stereocenters. The number of methoxy groups -OCH3 is 1. The van der Waals surface area contributed by atoms with Crippen LogP contribution in [-0.4, -0.2) is 23.0 Å². The number of fused-ring (bicyclic) bond motifs is 1. The number of benzene rings is 1. The molecule has 0 radical (unpaired) electrons. The van der Waals surface area contributed by atoms with Gasteiger partial charge in [-0.15, -0.1) is 11.3 Å². The fraction of sp³-hybridized carbons (Fsp3) is 0.0667. The van der Waals surface area contributed by atoms with Crippen molar-refractivity contribution in [2.45, 2.75) is 0 Å². The molecule has 2 aromatic heterocycles. The third-order valence-corrected chi connectivity index (χ3v) is 4.05. The summed E-state index contributed by atoms with van der Waals surface area (Å²) in [5.41, 5.74) is 8.83. The number of thiazole rings is 1. The van der Waals surface area contributed by atoms with Gasteiger partial charge >= 0.3 is 5.97 Å². The third kappa shape index (κ3) is 2.30. The van der Waals surface area contributed by atoms with E-state index >= 15 is 0 Å². The molecule has 0 aliphatic rings. The van der Waals surface area contributed by atoms with E-state index in [1.165, 1.54) is 24.6 Å². The van der Waals surface area contributed by atoms with Crippen LogP contribution in [0.5, 0.6) is 0 Å². The Labute approximate surface area is 125 Å². The van der Waals surface area contributed by atoms with Crippen molar-refractivity contribution in [3.05, 3.63) is 58.3 Å². The fourth-order valence-corrected chi connectivity index (χ4v) is 2.99. The number of hydrogen-bond donors (Lipinski definition) is 2. The van der Waals surface area contributed by atoms with Gasteiger partial charge in [-0.3, -0.25) is 0 Å². The lowest BCUT2D eigenvalue weighted by molar-refractivity contribution is 0.0595. The predicted molar refractivity (Wildman–Crippen MR) is 83.0 cm³/mol. The van der Waals surface area contributed by atoms with Gasteiger partial charge in [0.15, 0.2) is 5.69 Å². The summed E-state index contributed by atoms with van der Waals surface area (Å²) < 4.78 is 4.67. The lowest BCUT2D eigenvalue weighted by atomic mass is 10.1. The Kier molecular flexibility index (Phi) is 3.45. The first-order valence-corrected chi connectivity index (χ1v) is 7.15. The van der Waals surface area contributed by atoms with E-state index in [0.29, 0.717) is 5.01 Å². The standard InChI is InChI=1S/C15H13N3O2S/c1-20-15(19)13-8-21-14(18-13)10(6-16)11-7-17-12-5-3-2-4-9(11)12/h2-8,17H,16H2,1H3/b10-6+. The highest BCUT2D eigenvalue weighted by Gasteiger charge is 2.16. The van der Waals surface area contributed by atoms with Gasteiger partial charge in [-0.1, -0.05) is 18.2 Å². The second-order valence-electron chi connectivity index (χ2n) is 4.36. The van der Waals surface area contributed by atoms with Crippen LogP contribution in [0.15, 0.2) is 42.0 Å². The van der Waals surface area contributed by atoms with Crippen LogP contribution < -0.4 is 5.73 Å². The molecule has 5 nitrogen and oxygen atoms in total. The first-order valence-electron chi connectivity index (χ1n) is 6.27. The summed E-state index contributed by atoms with van der Waals surface area (Å²) in [5.74, 6) is -0.451. The van der Waals surface area contributed by atoms with Crippen molar-refractivity contribution in [2.24, 2.45) is 5.73 Å². The number of ether oxygens (including phenoxy) is 1. The molecule has 0 aliphatic heterocycles. The van der Waals surface area contributed by atoms with E-state index in [0.717, 1.165) is 22.0 Å². The average molecular weight is 299 g/mol. The number of aromatic nitrogens is 2. The first kappa shape index (κ1) is 13.4. The normalized spacial score (nSPS) is 11.8. The predicted octanol–water partition coefficient (Wildman–Crippen LogP) is 2.76. The molecular weight excluding hydrogens is 286 g/mol. The van der Waals surface area contributed by atoms with E-state index in [2.05, 4.69) is 14.7 Å². The second kappa shape index (κ2) is 5.41. The number of nitrogens with zero attached hydrogens (tertiary/aromatic N) is 1. The summed E-state index contributed by atoms with van der Waals surface area (Å²) in [6.07, 6.45) is 3.40. The van der Waals surface area contributed by atoms with Crippen molar-refractivity contribution in [3.8, 4) is 0 Å². The molecule has 3 aromatic rings. The van der Waals surface area contributed by atoms with E-state index < -0.39 is 5.97 Å². The van der Waals surface area contributed by atoms with E-state index in [4.69, 9.17) is 5.73 Å². The van der Waals surface area contributed by atoms with E-state index in [1.807, 2.05) is 30.5 Å². The first-order chi connectivity index (χ1) is 10.2. The van der Waals surface area contributed by atoms with E-state index in [9.17, 15) is 4.79 Å². The lowest BCUT2D eigenvalue weighted by Gasteiger charge is -2.01. The Bertz CT molecular complexity index is 832. The second-order valence-corrected chi connectivity index (χ2v) is 5.22. The number of carbonyl (C=O) groups is 1. The minimum Gasteiger partial charge on any atom is -0.464 e. The summed E-state index contributed by atoms with van der Waals surface area (Å²) in [6, 6.07) is 7.94. The maximum Gasteiger partial charge on any atom is 0.357 e. The zero-order valence-electron chi connectivity index (χ0n) is 11.3. The third-order valence-electron chi connectivity index (χ3n) is 3.18. The van der Waals surface area contributed by atoms with Gasteiger partial charge in [0.2, 0.25) is 0 Å². The highest BCUT2D eigenvalue weighted by atomic mass is 32.1. The monoisotopic (exact) mass is 299 g/mol. The van der Waals surface area contributed by atoms with E-state index in [-0.39, 0.29) is 5.69 Å². The van der Waals surface area contributed by atoms with Crippen LogP contribution in [0.3, 0.4) is 0 Å². The summed E-state index contributed by atoms with van der Waals surface area (Å²) in [5, 5.41) is 3.41. The van der Waals surface area contributed by atoms with Crippen molar-refractivity contribution in [1.82, 2.24) is 9.97 Å². The Balaban J connectivity index is 2.07. The number of esters is 1. The van der Waals surface area contributed by atoms with Gasteiger partial charge in [-0.2, -0.15) is 0 Å². The lowest BCUT2D eigenvalue weighted by Crippen LogP contribution is -2.01. The SMILES string of the molecule is COC(=O)c1csc(/C(=C/N)c2c[nH]c3ccccc23)n1. The van der Waals surface area contributed by atoms with Crippen LogP contribution >= 0.6 is 11.3 Å². The van der Waals surface area contributed by atoms with Crippen LogP contribution in [0.2, 0.25) is 0 Å². The molecule has 0 saturated heterocycles. The number of rotatable bonds is 3. The molecule has 0 fully saturated rings. The number of aromatic amines is 1. The summed E-state index contributed by atoms with van der Waals surface area (Å²) in [6.45, 7) is 0. The molecular formula is C15H13N3O2S. The molecule has 6 heteroatoms. The Morgan fingerprint density at radius 3 is 3.00 bits per heavy atom. The number of H-pyrrole nitrogens is 1. The zero-order valence-corrected chi connectivity index (χ0v) is 12.1. The smallest absolute Gasteiger partial charge is 0.357 e. The number of nitrogens with two attached hydrogens (primary N) is 1. The van der Waals surface area contributed by atoms with Gasteiger partial charge in [0, 0.05) is 39.8 Å². The molecule has 3 rings (SSSR count). The van der Waals surface area contributed by atoms with Crippen LogP contribution in [0.4, 0.5) is 0 Å². The number of hydrogen-bond acceptors (Lipinski definition) is 5. The molecule has 2 heterocycles. The molecule has 21 heavy (non-hydrogen) atoms. The van der Waals surface area contributed by atoms with Crippen LogP contribution in [0.25, 0.3) is 16.5 Å². The molecule has 0 spiro atoms. The number of para-hydroxylation sites is 1. The van der Waals surface area contributed by atoms with Crippen molar-refractivity contribution in [1.29, 1.82) is 0 Å². The molecule has 0 atom stereocenters. The summed E-state index contributed by atoms with van der Waals surface area (Å²) in [4.78, 5) is 19.0. The van der Waals surface area contributed by atoms with E-state index in [1.54, 1.807) is 5.38 Å². The summed E-state index contributed by atoms with van der Waals surface area (Å²) >= 11 is 1.36. The molecule has 0 saturated carbocycles. The molecule has 0 amide bonds. The number of nitrogens with one attached hydrogen (secondary N) is 1. The molecule has 0 aliphatic carbocycles. The zero-order chi connectivity index (χ0) is 14.8. The maximum absolute atomic E-state index is 11.5. The fourth-order valence-electron chi connectivity index (χ4n) is 2.17. The largest absolute Gasteiger partial charge is 0.464 e. The van der Waals surface area contributed by atoms with Crippen LogP contribution in [0.1, 0.15) is 21.1 Å². The van der Waals surface area contributed by atoms with Gasteiger partial charge in [0.1, 0.15) is 5.01 Å². The minimum atomic E-state index is -0.451. The number of carbonyl (C=O) groups excluding carboxylic acids is 1. The van der Waals surface area contributed by atoms with Gasteiger partial charge in [-0.25, -0.2) is 9.78 Å². The maximum atomic E-state index is 11.5. The van der Waals surface area contributed by atoms with Crippen molar-refractivity contribution in [3.63, 3.8) is 0 Å². The highest BCUT2D eigenvalue weighted by molar-refractivity contribution is 7.11. The molecule has 3 N–H and O–H groups in total. The van der Waals surface area contributed by atoms with Gasteiger partial charge in [-0.05, 0) is 6.07 Å². The highest BCUT2D eigenvalue weighted by Crippen LogP contribution is 2.31. The quantitative estimate of drug-likeness (QED) is 0.729. The topological polar surface area (TPSA) is 81.0 Å². The van der Waals surface area contributed by atoms with Crippen LogP contribution in [-0.2, 0) is 4.74 Å². The van der Waals surface area contributed by atoms with Gasteiger partial charge in [0.05, 0.1) is 7.11 Å². The van der Waals surface area contributed by atoms with Crippen molar-refractivity contribution in [2.75, 3.05) is 7.11 Å². The summed E-state index contributed by atoms with van der Waals surface area (Å²) in [7, 11) is 1.33. The van der Waals surface area contributed by atoms with Gasteiger partial charge < -0.3 is 15.5 Å². The molecule has 0 bridgehead atoms. The molecule has 1 aromatic carbocycles. The Morgan fingerprint density at radius 2 is 2.24 bits per heavy atom. The van der Waals surface area contributed by atoms with Gasteiger partial charge in [0.25, 0.3) is 0 Å². The van der Waals surface area contributed by atoms with Crippen molar-refractivity contribution < 1.29 is 9.53 Å². The van der Waals surface area contributed by atoms with Crippen LogP contribution in [0, 0.1) is 0 Å². The Morgan fingerprint density at radius 1 is 1.43 bits per heavy atom. The van der Waals surface area contributed by atoms with Crippen molar-refractivity contribution >= 4 is 33.8 Å².